The topological polar surface area (TPSA) is 61.4 Å². The van der Waals surface area contributed by atoms with Gasteiger partial charge in [0, 0.05) is 18.2 Å². The summed E-state index contributed by atoms with van der Waals surface area (Å²) in [5, 5.41) is 6.78. The third-order valence-electron chi connectivity index (χ3n) is 7.29. The molecule has 0 spiro atoms. The largest absolute Gasteiger partial charge is 0.346 e. The van der Waals surface area contributed by atoms with Crippen LogP contribution in [0.15, 0.2) is 42.5 Å². The number of hydrogen-bond acceptors (Lipinski definition) is 3. The molecule has 2 fully saturated rings. The number of hydrogen-bond donors (Lipinski definition) is 2. The fourth-order valence-electron chi connectivity index (χ4n) is 5.77. The van der Waals surface area contributed by atoms with Gasteiger partial charge in [-0.2, -0.15) is 0 Å². The molecule has 2 N–H and O–H groups in total. The summed E-state index contributed by atoms with van der Waals surface area (Å²) in [5.41, 5.74) is 5.20. The Kier molecular flexibility index (Phi) is 5.30. The number of carbonyl (C=O) groups is 2. The van der Waals surface area contributed by atoms with Crippen LogP contribution in [0.1, 0.15) is 70.9 Å². The predicted octanol–water partition coefficient (Wildman–Crippen LogP) is 3.68. The molecule has 5 nitrogen and oxygen atoms in total. The molecule has 31 heavy (non-hydrogen) atoms. The minimum absolute atomic E-state index is 0.0171. The molecule has 0 radical (unpaired) electrons. The average Bonchev–Trinajstić information content (AvgIpc) is 2.79. The van der Waals surface area contributed by atoms with E-state index < -0.39 is 0 Å². The third-order valence-corrected chi connectivity index (χ3v) is 7.29. The van der Waals surface area contributed by atoms with Gasteiger partial charge in [0.05, 0.1) is 18.0 Å². The highest BCUT2D eigenvalue weighted by molar-refractivity contribution is 5.97. The van der Waals surface area contributed by atoms with Crippen LogP contribution in [0.3, 0.4) is 0 Å². The normalized spacial score (nSPS) is 25.8. The zero-order chi connectivity index (χ0) is 21.5. The van der Waals surface area contributed by atoms with Crippen LogP contribution >= 0.6 is 0 Å². The lowest BCUT2D eigenvalue weighted by Crippen LogP contribution is -2.58. The van der Waals surface area contributed by atoms with E-state index in [1.807, 2.05) is 43.3 Å². The molecular weight excluding hydrogens is 386 g/mol. The SMILES string of the molecule is Cc1cc2c(c(C(=O)N[C@H](C)c3ccccc3)c1)[C@@H]1C[C@@H]3NCCC[C@@H]3C(=O)N1CC2. The lowest BCUT2D eigenvalue weighted by molar-refractivity contribution is -0.145. The standard InChI is InChI=1S/C26H31N3O2/c1-16-13-19-10-12-29-23(15-22-20(26(29)31)9-6-11-27-22)24(19)21(14-16)25(30)28-17(2)18-7-4-3-5-8-18/h3-5,7-8,13-14,17,20,22-23,27H,6,9-12,15H2,1-2H3,(H,28,30)/t17-,20+,22+,23+/m1/s1. The van der Waals surface area contributed by atoms with Gasteiger partial charge in [0.25, 0.3) is 5.91 Å². The van der Waals surface area contributed by atoms with E-state index in [2.05, 4.69) is 28.5 Å². The molecule has 0 bridgehead atoms. The van der Waals surface area contributed by atoms with Crippen LogP contribution in [0.5, 0.6) is 0 Å². The van der Waals surface area contributed by atoms with Gasteiger partial charge in [-0.15, -0.1) is 0 Å². The Labute approximate surface area is 184 Å². The van der Waals surface area contributed by atoms with Gasteiger partial charge in [-0.25, -0.2) is 0 Å². The summed E-state index contributed by atoms with van der Waals surface area (Å²) >= 11 is 0. The van der Waals surface area contributed by atoms with Crippen LogP contribution in [0, 0.1) is 12.8 Å². The zero-order valence-electron chi connectivity index (χ0n) is 18.4. The zero-order valence-corrected chi connectivity index (χ0v) is 18.4. The molecule has 3 heterocycles. The first kappa shape index (κ1) is 20.3. The molecule has 3 aliphatic rings. The van der Waals surface area contributed by atoms with Crippen molar-refractivity contribution in [2.24, 2.45) is 5.92 Å². The number of benzene rings is 2. The van der Waals surface area contributed by atoms with Crippen molar-refractivity contribution < 1.29 is 9.59 Å². The molecule has 162 valence electrons. The van der Waals surface area contributed by atoms with Gasteiger partial charge in [0.15, 0.2) is 0 Å². The van der Waals surface area contributed by atoms with Crippen LogP contribution in [0.25, 0.3) is 0 Å². The summed E-state index contributed by atoms with van der Waals surface area (Å²) in [4.78, 5) is 28.8. The number of carbonyl (C=O) groups excluding carboxylic acids is 2. The molecule has 5 rings (SSSR count). The number of nitrogens with zero attached hydrogens (tertiary/aromatic N) is 1. The summed E-state index contributed by atoms with van der Waals surface area (Å²) in [6.45, 7) is 5.80. The van der Waals surface area contributed by atoms with E-state index in [1.54, 1.807) is 0 Å². The lowest BCUT2D eigenvalue weighted by Gasteiger charge is -2.49. The van der Waals surface area contributed by atoms with Gasteiger partial charge in [0.2, 0.25) is 5.91 Å². The summed E-state index contributed by atoms with van der Waals surface area (Å²) in [7, 11) is 0. The van der Waals surface area contributed by atoms with Gasteiger partial charge in [0.1, 0.15) is 0 Å². The Morgan fingerprint density at radius 2 is 2.03 bits per heavy atom. The third kappa shape index (κ3) is 3.65. The molecule has 0 aliphatic carbocycles. The van der Waals surface area contributed by atoms with Gasteiger partial charge >= 0.3 is 0 Å². The molecule has 0 saturated carbocycles. The van der Waals surface area contributed by atoms with Crippen molar-refractivity contribution in [1.29, 1.82) is 0 Å². The number of nitrogens with one attached hydrogen (secondary N) is 2. The van der Waals surface area contributed by atoms with Crippen molar-refractivity contribution in [3.8, 4) is 0 Å². The molecule has 2 aromatic rings. The monoisotopic (exact) mass is 417 g/mol. The summed E-state index contributed by atoms with van der Waals surface area (Å²) in [6, 6.07) is 14.4. The quantitative estimate of drug-likeness (QED) is 0.801. The molecule has 2 aromatic carbocycles. The molecule has 4 atom stereocenters. The van der Waals surface area contributed by atoms with E-state index in [0.29, 0.717) is 0 Å². The van der Waals surface area contributed by atoms with Crippen molar-refractivity contribution >= 4 is 11.8 Å². The molecule has 2 saturated heterocycles. The lowest BCUT2D eigenvalue weighted by atomic mass is 9.75. The van der Waals surface area contributed by atoms with Crippen LogP contribution in [0.2, 0.25) is 0 Å². The molecule has 0 unspecified atom stereocenters. The second kappa shape index (κ2) is 8.12. The van der Waals surface area contributed by atoms with Crippen molar-refractivity contribution in [3.05, 3.63) is 70.3 Å². The van der Waals surface area contributed by atoms with E-state index in [9.17, 15) is 9.59 Å². The maximum Gasteiger partial charge on any atom is 0.252 e. The van der Waals surface area contributed by atoms with E-state index >= 15 is 0 Å². The Balaban J connectivity index is 1.49. The van der Waals surface area contributed by atoms with Crippen molar-refractivity contribution in [2.75, 3.05) is 13.1 Å². The molecule has 2 amide bonds. The molecule has 3 aliphatic heterocycles. The second-order valence-corrected chi connectivity index (χ2v) is 9.33. The highest BCUT2D eigenvalue weighted by atomic mass is 16.2. The minimum atomic E-state index is -0.0815. The Bertz CT molecular complexity index is 1000. The van der Waals surface area contributed by atoms with E-state index in [-0.39, 0.29) is 35.9 Å². The van der Waals surface area contributed by atoms with Crippen LogP contribution in [0.4, 0.5) is 0 Å². The van der Waals surface area contributed by atoms with Crippen molar-refractivity contribution in [2.45, 2.75) is 57.7 Å². The van der Waals surface area contributed by atoms with Gasteiger partial charge in [-0.3, -0.25) is 9.59 Å². The first-order valence-electron chi connectivity index (χ1n) is 11.6. The van der Waals surface area contributed by atoms with E-state index in [0.717, 1.165) is 61.0 Å². The van der Waals surface area contributed by atoms with Crippen LogP contribution in [-0.2, 0) is 11.2 Å². The average molecular weight is 418 g/mol. The van der Waals surface area contributed by atoms with Crippen molar-refractivity contribution in [1.82, 2.24) is 15.5 Å². The number of amides is 2. The first-order chi connectivity index (χ1) is 15.0. The summed E-state index contributed by atoms with van der Waals surface area (Å²) in [5.74, 6) is 0.306. The fraction of sp³-hybridized carbons (Fsp3) is 0.462. The summed E-state index contributed by atoms with van der Waals surface area (Å²) in [6.07, 6.45) is 3.74. The molecule has 5 heteroatoms. The van der Waals surface area contributed by atoms with E-state index in [4.69, 9.17) is 0 Å². The molecule has 0 aromatic heterocycles. The predicted molar refractivity (Wildman–Crippen MR) is 121 cm³/mol. The fourth-order valence-corrected chi connectivity index (χ4v) is 5.77. The number of piperidine rings is 2. The van der Waals surface area contributed by atoms with Gasteiger partial charge in [-0.05, 0) is 68.8 Å². The second-order valence-electron chi connectivity index (χ2n) is 9.33. The Morgan fingerprint density at radius 1 is 1.23 bits per heavy atom. The summed E-state index contributed by atoms with van der Waals surface area (Å²) < 4.78 is 0. The van der Waals surface area contributed by atoms with Crippen LogP contribution < -0.4 is 10.6 Å². The van der Waals surface area contributed by atoms with Crippen molar-refractivity contribution in [3.63, 3.8) is 0 Å². The first-order valence-corrected chi connectivity index (χ1v) is 11.6. The van der Waals surface area contributed by atoms with Crippen LogP contribution in [-0.4, -0.2) is 35.8 Å². The van der Waals surface area contributed by atoms with Gasteiger partial charge in [-0.1, -0.05) is 42.0 Å². The Morgan fingerprint density at radius 3 is 2.84 bits per heavy atom. The number of fused-ring (bicyclic) bond motifs is 4. The smallest absolute Gasteiger partial charge is 0.252 e. The van der Waals surface area contributed by atoms with Gasteiger partial charge < -0.3 is 15.5 Å². The molecular formula is C26H31N3O2. The highest BCUT2D eigenvalue weighted by Crippen LogP contribution is 2.43. The maximum absolute atomic E-state index is 13.5. The number of aryl methyl sites for hydroxylation is 1. The number of rotatable bonds is 3. The maximum atomic E-state index is 13.5. The van der Waals surface area contributed by atoms with E-state index in [1.165, 1.54) is 5.56 Å². The Hall–Kier alpha value is -2.66. The highest BCUT2D eigenvalue weighted by Gasteiger charge is 2.46. The minimum Gasteiger partial charge on any atom is -0.346 e.